The maximum atomic E-state index is 12.6. The standard InChI is InChI=1S/C48H75NO15/c1-29-19-16-14-12-10-8-6-7-9-11-13-15-17-21-36(63-47-45(57)43(49)30(2)32(4)62-47)26-40-42(46(58)59)39(54)28-48(60,64-40)27-35(51)25-38(53)37(52)24-23-34(50)20-18-22-41(55)61-33(5)31(3)44(29)56/h6-17,19,21,29-40,42-45,47,50-54,56-57,60H,18,20,22-28,49H2,1-5H3,(H,58,59)/b7-6+,10-8+,11-9+,14-12+,15-13+,19-16+,21-17+/t29-,30?,31-,32?,33-,34-,35-,36-,37+,38+,39-,40-,42+,43?,44+,45?,47?,48+/m0/s1. The number of rotatable bonds is 3. The smallest absolute Gasteiger partial charge is 0.311 e. The van der Waals surface area contributed by atoms with Gasteiger partial charge in [-0.3, -0.25) is 9.59 Å². The molecule has 16 nitrogen and oxygen atoms in total. The first-order valence-corrected chi connectivity index (χ1v) is 22.6. The Kier molecular flexibility index (Phi) is 23.5. The van der Waals surface area contributed by atoms with Gasteiger partial charge in [0.05, 0.1) is 54.9 Å². The summed E-state index contributed by atoms with van der Waals surface area (Å²) in [5, 5.41) is 97.6. The van der Waals surface area contributed by atoms with Crippen LogP contribution < -0.4 is 5.73 Å². The van der Waals surface area contributed by atoms with E-state index in [-0.39, 0.29) is 49.9 Å². The highest BCUT2D eigenvalue weighted by molar-refractivity contribution is 5.71. The summed E-state index contributed by atoms with van der Waals surface area (Å²) >= 11 is 0. The lowest BCUT2D eigenvalue weighted by molar-refractivity contribution is -0.307. The van der Waals surface area contributed by atoms with Crippen LogP contribution in [0.1, 0.15) is 92.4 Å². The number of carboxylic acid groups (broad SMARTS) is 1. The number of fused-ring (bicyclic) bond motifs is 2. The summed E-state index contributed by atoms with van der Waals surface area (Å²) in [6, 6.07) is -0.693. The van der Waals surface area contributed by atoms with Crippen LogP contribution in [0.25, 0.3) is 0 Å². The summed E-state index contributed by atoms with van der Waals surface area (Å²) in [5.74, 6) is -6.43. The molecule has 0 amide bonds. The van der Waals surface area contributed by atoms with Crippen LogP contribution >= 0.6 is 0 Å². The molecule has 0 aliphatic carbocycles. The van der Waals surface area contributed by atoms with Crippen molar-refractivity contribution >= 4 is 11.9 Å². The zero-order valence-corrected chi connectivity index (χ0v) is 37.8. The van der Waals surface area contributed by atoms with Crippen LogP contribution in [0.4, 0.5) is 0 Å². The van der Waals surface area contributed by atoms with Gasteiger partial charge in [-0.05, 0) is 45.4 Å². The molecule has 2 fully saturated rings. The first-order valence-electron chi connectivity index (χ1n) is 22.6. The summed E-state index contributed by atoms with van der Waals surface area (Å²) in [6.45, 7) is 9.03. The monoisotopic (exact) mass is 906 g/mol. The number of cyclic esters (lactones) is 1. The number of esters is 1. The van der Waals surface area contributed by atoms with Gasteiger partial charge in [-0.1, -0.05) is 106 Å². The Morgan fingerprint density at radius 2 is 1.27 bits per heavy atom. The molecule has 3 aliphatic heterocycles. The first kappa shape index (κ1) is 55.0. The van der Waals surface area contributed by atoms with Crippen LogP contribution in [0.2, 0.25) is 0 Å². The fourth-order valence-electron chi connectivity index (χ4n) is 8.05. The van der Waals surface area contributed by atoms with Gasteiger partial charge in [-0.25, -0.2) is 0 Å². The van der Waals surface area contributed by atoms with Crippen LogP contribution in [0, 0.1) is 23.7 Å². The molecular formula is C48H75NO15. The number of allylic oxidation sites excluding steroid dienone is 12. The van der Waals surface area contributed by atoms with E-state index in [0.717, 1.165) is 0 Å². The number of carbonyl (C=O) groups is 2. The van der Waals surface area contributed by atoms with Gasteiger partial charge in [0.1, 0.15) is 18.1 Å². The van der Waals surface area contributed by atoms with Gasteiger partial charge >= 0.3 is 11.9 Å². The normalized spacial score (nSPS) is 44.8. The van der Waals surface area contributed by atoms with E-state index in [1.54, 1.807) is 50.3 Å². The lowest BCUT2D eigenvalue weighted by Crippen LogP contribution is -2.58. The van der Waals surface area contributed by atoms with Gasteiger partial charge < -0.3 is 70.6 Å². The number of nitrogens with two attached hydrogens (primary N) is 1. The first-order chi connectivity index (χ1) is 30.2. The minimum absolute atomic E-state index is 0.0292. The van der Waals surface area contributed by atoms with E-state index in [0.29, 0.717) is 6.42 Å². The van der Waals surface area contributed by atoms with Crippen LogP contribution in [-0.4, -0.2) is 143 Å². The van der Waals surface area contributed by atoms with Crippen LogP contribution in [0.3, 0.4) is 0 Å². The van der Waals surface area contributed by atoms with Crippen molar-refractivity contribution in [2.45, 2.75) is 178 Å². The van der Waals surface area contributed by atoms with Gasteiger partial charge in [-0.15, -0.1) is 0 Å². The Morgan fingerprint density at radius 1 is 0.688 bits per heavy atom. The van der Waals surface area contributed by atoms with Gasteiger partial charge in [-0.2, -0.15) is 0 Å². The zero-order valence-electron chi connectivity index (χ0n) is 37.8. The fraction of sp³-hybridized carbons (Fsp3) is 0.667. The van der Waals surface area contributed by atoms with E-state index < -0.39 is 122 Å². The Labute approximate surface area is 377 Å². The Balaban J connectivity index is 1.84. The average Bonchev–Trinajstić information content (AvgIpc) is 3.22. The number of hydrogen-bond donors (Lipinski definition) is 10. The quantitative estimate of drug-likeness (QED) is 0.182. The molecule has 0 aromatic heterocycles. The van der Waals surface area contributed by atoms with Crippen molar-refractivity contribution in [2.24, 2.45) is 29.4 Å². The van der Waals surface area contributed by atoms with E-state index >= 15 is 0 Å². The SMILES string of the molecule is CC1OC(O[C@H]2/C=C/C=C/C=C/C=C/C=C/C=C/C=C/[C@H](C)[C@@H](O)[C@@H](C)[C@H](C)OC(=O)CCC[C@H](O)CC[C@@H](O)[C@H](O)C[C@H](O)C[C@]3(O)C[C@H](O)[C@@H](C(=O)O)[C@H](C2)O3)C(O)C(N)C1C. The highest BCUT2D eigenvalue weighted by Crippen LogP contribution is 2.38. The van der Waals surface area contributed by atoms with Crippen LogP contribution in [-0.2, 0) is 28.5 Å². The number of carboxylic acids is 1. The molecule has 0 radical (unpaired) electrons. The maximum absolute atomic E-state index is 12.6. The van der Waals surface area contributed by atoms with E-state index in [2.05, 4.69) is 0 Å². The molecule has 0 aromatic rings. The molecule has 2 saturated heterocycles. The number of aliphatic carboxylic acids is 1. The second-order valence-corrected chi connectivity index (χ2v) is 17.7. The van der Waals surface area contributed by atoms with Crippen LogP contribution in [0.15, 0.2) is 85.1 Å². The summed E-state index contributed by atoms with van der Waals surface area (Å²) in [7, 11) is 0. The molecule has 16 heteroatoms. The van der Waals surface area contributed by atoms with Crippen molar-refractivity contribution in [3.63, 3.8) is 0 Å². The number of hydrogen-bond acceptors (Lipinski definition) is 15. The molecule has 18 atom stereocenters. The summed E-state index contributed by atoms with van der Waals surface area (Å²) in [4.78, 5) is 25.1. The number of carbonyl (C=O) groups excluding carboxylic acids is 1. The molecule has 3 aliphatic rings. The summed E-state index contributed by atoms with van der Waals surface area (Å²) < 4.78 is 23.7. The minimum Gasteiger partial charge on any atom is -0.481 e. The number of ether oxygens (including phenoxy) is 4. The molecular weight excluding hydrogens is 831 g/mol. The highest BCUT2D eigenvalue weighted by Gasteiger charge is 2.51. The third-order valence-electron chi connectivity index (χ3n) is 12.5. The molecule has 5 unspecified atom stereocenters. The maximum Gasteiger partial charge on any atom is 0.311 e. The minimum atomic E-state index is -2.26. The summed E-state index contributed by atoms with van der Waals surface area (Å²) in [6.07, 6.45) is 10.3. The highest BCUT2D eigenvalue weighted by atomic mass is 16.7. The van der Waals surface area contributed by atoms with Crippen molar-refractivity contribution in [1.29, 1.82) is 0 Å². The molecule has 362 valence electrons. The Bertz CT molecular complexity index is 1630. The third kappa shape index (κ3) is 18.1. The molecule has 0 spiro atoms. The molecule has 2 bridgehead atoms. The fourth-order valence-corrected chi connectivity index (χ4v) is 8.05. The van der Waals surface area contributed by atoms with Crippen molar-refractivity contribution < 1.29 is 74.5 Å². The van der Waals surface area contributed by atoms with Crippen molar-refractivity contribution in [3.8, 4) is 0 Å². The van der Waals surface area contributed by atoms with Gasteiger partial charge in [0.15, 0.2) is 12.1 Å². The average molecular weight is 906 g/mol. The second-order valence-electron chi connectivity index (χ2n) is 17.7. The predicted molar refractivity (Wildman–Crippen MR) is 239 cm³/mol. The molecule has 0 saturated carbocycles. The lowest BCUT2D eigenvalue weighted by Gasteiger charge is -2.45. The number of aliphatic hydroxyl groups is 8. The summed E-state index contributed by atoms with van der Waals surface area (Å²) in [5.41, 5.74) is 6.27. The van der Waals surface area contributed by atoms with Crippen LogP contribution in [0.5, 0.6) is 0 Å². The molecule has 11 N–H and O–H groups in total. The predicted octanol–water partition coefficient (Wildman–Crippen LogP) is 3.02. The topological polar surface area (TPSA) is 279 Å². The Morgan fingerprint density at radius 3 is 1.86 bits per heavy atom. The molecule has 64 heavy (non-hydrogen) atoms. The second kappa shape index (κ2) is 27.3. The molecule has 0 aromatic carbocycles. The Hall–Kier alpha value is -3.36. The van der Waals surface area contributed by atoms with Crippen molar-refractivity contribution in [1.82, 2.24) is 0 Å². The van der Waals surface area contributed by atoms with E-state index in [9.17, 15) is 55.5 Å². The van der Waals surface area contributed by atoms with Crippen molar-refractivity contribution in [3.05, 3.63) is 85.1 Å². The van der Waals surface area contributed by atoms with E-state index in [1.807, 2.05) is 69.4 Å². The zero-order chi connectivity index (χ0) is 47.6. The van der Waals surface area contributed by atoms with E-state index in [1.165, 1.54) is 0 Å². The third-order valence-corrected chi connectivity index (χ3v) is 12.5. The van der Waals surface area contributed by atoms with Crippen molar-refractivity contribution in [2.75, 3.05) is 0 Å². The van der Waals surface area contributed by atoms with E-state index in [4.69, 9.17) is 24.7 Å². The largest absolute Gasteiger partial charge is 0.481 e. The van der Waals surface area contributed by atoms with Gasteiger partial charge in [0, 0.05) is 50.0 Å². The number of aliphatic hydroxyl groups excluding tert-OH is 7. The molecule has 3 heterocycles. The van der Waals surface area contributed by atoms with Gasteiger partial charge in [0.25, 0.3) is 0 Å². The molecule has 3 rings (SSSR count). The van der Waals surface area contributed by atoms with Gasteiger partial charge in [0.2, 0.25) is 0 Å². The lowest BCUT2D eigenvalue weighted by atomic mass is 9.82.